The number of anilines is 2. The van der Waals surface area contributed by atoms with Gasteiger partial charge in [0.1, 0.15) is 5.82 Å². The van der Waals surface area contributed by atoms with Crippen LogP contribution >= 0.6 is 11.5 Å². The molecule has 1 fully saturated rings. The van der Waals surface area contributed by atoms with Crippen molar-refractivity contribution in [1.29, 1.82) is 0 Å². The zero-order chi connectivity index (χ0) is 20.9. The number of nitrogens with zero attached hydrogens (tertiary/aromatic N) is 3. The van der Waals surface area contributed by atoms with Crippen molar-refractivity contribution in [2.24, 2.45) is 0 Å². The number of rotatable bonds is 6. The van der Waals surface area contributed by atoms with Gasteiger partial charge in [-0.15, -0.1) is 0 Å². The summed E-state index contributed by atoms with van der Waals surface area (Å²) in [5, 5.41) is 7.13. The highest BCUT2D eigenvalue weighted by Crippen LogP contribution is 2.29. The van der Waals surface area contributed by atoms with Crippen molar-refractivity contribution in [2.45, 2.75) is 26.3 Å². The van der Waals surface area contributed by atoms with Crippen molar-refractivity contribution in [3.8, 4) is 0 Å². The molecule has 30 heavy (non-hydrogen) atoms. The van der Waals surface area contributed by atoms with E-state index in [9.17, 15) is 4.79 Å². The van der Waals surface area contributed by atoms with Gasteiger partial charge >= 0.3 is 6.03 Å². The number of hydrogen-bond donors (Lipinski definition) is 2. The van der Waals surface area contributed by atoms with E-state index in [-0.39, 0.29) is 12.1 Å². The van der Waals surface area contributed by atoms with Crippen molar-refractivity contribution < 1.29 is 4.79 Å². The molecule has 0 aliphatic carbocycles. The number of aromatic nitrogens is 1. The number of urea groups is 1. The summed E-state index contributed by atoms with van der Waals surface area (Å²) in [6.07, 6.45) is 0.914. The molecule has 6 nitrogen and oxygen atoms in total. The van der Waals surface area contributed by atoms with Crippen molar-refractivity contribution in [3.63, 3.8) is 0 Å². The van der Waals surface area contributed by atoms with Crippen molar-refractivity contribution in [1.82, 2.24) is 14.6 Å². The lowest BCUT2D eigenvalue weighted by Crippen LogP contribution is -2.47. The molecular formula is C23H29N5OS. The summed E-state index contributed by atoms with van der Waals surface area (Å²) in [5.74, 6) is 1.13. The standard InChI is InChI=1S/C23H29N5OS/c1-17(2)24-23(29)25-20-9-5-3-7-18(20)11-12-27-13-15-28(16-14-27)22-19-8-4-6-10-21(19)30-26-22/h3-10,17H,11-16H2,1-2H3,(H2,24,25,29). The molecule has 1 saturated heterocycles. The molecule has 0 saturated carbocycles. The molecule has 4 rings (SSSR count). The minimum absolute atomic E-state index is 0.114. The van der Waals surface area contributed by atoms with E-state index in [1.165, 1.54) is 15.6 Å². The van der Waals surface area contributed by atoms with E-state index in [1.54, 1.807) is 11.5 Å². The molecule has 3 aromatic rings. The van der Waals surface area contributed by atoms with Crippen LogP contribution < -0.4 is 15.5 Å². The molecular weight excluding hydrogens is 394 g/mol. The van der Waals surface area contributed by atoms with Crippen LogP contribution in [0.4, 0.5) is 16.3 Å². The number of fused-ring (bicyclic) bond motifs is 1. The van der Waals surface area contributed by atoms with Crippen molar-refractivity contribution in [3.05, 3.63) is 54.1 Å². The minimum atomic E-state index is -0.151. The Balaban J connectivity index is 1.31. The molecule has 0 unspecified atom stereocenters. The quantitative estimate of drug-likeness (QED) is 0.624. The molecule has 2 amide bonds. The van der Waals surface area contributed by atoms with Gasteiger partial charge in [0.05, 0.1) is 4.70 Å². The van der Waals surface area contributed by atoms with Crippen LogP contribution in [0.25, 0.3) is 10.1 Å². The summed E-state index contributed by atoms with van der Waals surface area (Å²) < 4.78 is 5.95. The Morgan fingerprint density at radius 1 is 1.07 bits per heavy atom. The van der Waals surface area contributed by atoms with Gasteiger partial charge in [-0.25, -0.2) is 4.79 Å². The van der Waals surface area contributed by atoms with E-state index >= 15 is 0 Å². The lowest BCUT2D eigenvalue weighted by Gasteiger charge is -2.35. The predicted octanol–water partition coefficient (Wildman–Crippen LogP) is 4.19. The summed E-state index contributed by atoms with van der Waals surface area (Å²) in [4.78, 5) is 17.0. The molecule has 0 bridgehead atoms. The summed E-state index contributed by atoms with van der Waals surface area (Å²) >= 11 is 1.58. The average molecular weight is 424 g/mol. The third-order valence-corrected chi connectivity index (χ3v) is 6.23. The molecule has 1 aliphatic heterocycles. The van der Waals surface area contributed by atoms with Gasteiger partial charge in [-0.1, -0.05) is 30.3 Å². The smallest absolute Gasteiger partial charge is 0.319 e. The van der Waals surface area contributed by atoms with Gasteiger partial charge in [-0.3, -0.25) is 4.90 Å². The normalized spacial score (nSPS) is 15.0. The Morgan fingerprint density at radius 3 is 2.60 bits per heavy atom. The van der Waals surface area contributed by atoms with Gasteiger partial charge in [-0.05, 0) is 55.6 Å². The maximum atomic E-state index is 12.1. The van der Waals surface area contributed by atoms with E-state index in [1.807, 2.05) is 32.0 Å². The average Bonchev–Trinajstić information content (AvgIpc) is 3.17. The molecule has 2 heterocycles. The highest BCUT2D eigenvalue weighted by Gasteiger charge is 2.20. The second-order valence-corrected chi connectivity index (χ2v) is 8.80. The summed E-state index contributed by atoms with van der Waals surface area (Å²) in [7, 11) is 0. The number of para-hydroxylation sites is 1. The molecule has 0 spiro atoms. The number of nitrogens with one attached hydrogen (secondary N) is 2. The van der Waals surface area contributed by atoms with Crippen LogP contribution in [0.2, 0.25) is 0 Å². The van der Waals surface area contributed by atoms with E-state index in [0.717, 1.165) is 50.6 Å². The minimum Gasteiger partial charge on any atom is -0.353 e. The van der Waals surface area contributed by atoms with Gasteiger partial charge in [0.2, 0.25) is 0 Å². The van der Waals surface area contributed by atoms with Crippen LogP contribution in [0.5, 0.6) is 0 Å². The van der Waals surface area contributed by atoms with Crippen molar-refractivity contribution in [2.75, 3.05) is 42.9 Å². The maximum Gasteiger partial charge on any atom is 0.319 e. The zero-order valence-electron chi connectivity index (χ0n) is 17.6. The molecule has 7 heteroatoms. The predicted molar refractivity (Wildman–Crippen MR) is 126 cm³/mol. The van der Waals surface area contributed by atoms with Crippen molar-refractivity contribution >= 4 is 39.2 Å². The molecule has 2 N–H and O–H groups in total. The first-order valence-electron chi connectivity index (χ1n) is 10.6. The molecule has 1 aliphatic rings. The van der Waals surface area contributed by atoms with Crippen LogP contribution in [0.3, 0.4) is 0 Å². The number of amides is 2. The summed E-state index contributed by atoms with van der Waals surface area (Å²) in [5.41, 5.74) is 2.06. The zero-order valence-corrected chi connectivity index (χ0v) is 18.4. The summed E-state index contributed by atoms with van der Waals surface area (Å²) in [6.45, 7) is 8.93. The molecule has 2 aromatic carbocycles. The lowest BCUT2D eigenvalue weighted by molar-refractivity contribution is 0.250. The SMILES string of the molecule is CC(C)NC(=O)Nc1ccccc1CCN1CCN(c2nsc3ccccc23)CC1. The van der Waals surface area contributed by atoms with E-state index in [0.29, 0.717) is 0 Å². The lowest BCUT2D eigenvalue weighted by atomic mass is 10.1. The highest BCUT2D eigenvalue weighted by molar-refractivity contribution is 7.13. The maximum absolute atomic E-state index is 12.1. The van der Waals surface area contributed by atoms with Crippen LogP contribution in [-0.4, -0.2) is 54.1 Å². The van der Waals surface area contributed by atoms with Gasteiger partial charge in [0, 0.05) is 49.8 Å². The highest BCUT2D eigenvalue weighted by atomic mass is 32.1. The largest absolute Gasteiger partial charge is 0.353 e. The topological polar surface area (TPSA) is 60.5 Å². The van der Waals surface area contributed by atoms with E-state index in [2.05, 4.69) is 50.8 Å². The Morgan fingerprint density at radius 2 is 1.80 bits per heavy atom. The van der Waals surface area contributed by atoms with E-state index in [4.69, 9.17) is 4.37 Å². The fourth-order valence-corrected chi connectivity index (χ4v) is 4.64. The first kappa shape index (κ1) is 20.6. The number of piperazine rings is 1. The number of benzene rings is 2. The number of carbonyl (C=O) groups excluding carboxylic acids is 1. The van der Waals surface area contributed by atoms with Gasteiger partial charge in [0.15, 0.2) is 0 Å². The number of hydrogen-bond acceptors (Lipinski definition) is 5. The summed E-state index contributed by atoms with van der Waals surface area (Å²) in [6, 6.07) is 16.5. The fraction of sp³-hybridized carbons (Fsp3) is 0.391. The first-order chi connectivity index (χ1) is 14.6. The molecule has 1 aromatic heterocycles. The third-order valence-electron chi connectivity index (χ3n) is 5.41. The fourth-order valence-electron chi connectivity index (χ4n) is 3.84. The van der Waals surface area contributed by atoms with Gasteiger partial charge in [-0.2, -0.15) is 4.37 Å². The molecule has 158 valence electrons. The van der Waals surface area contributed by atoms with Crippen LogP contribution in [0, 0.1) is 0 Å². The van der Waals surface area contributed by atoms with Crippen LogP contribution in [-0.2, 0) is 6.42 Å². The second-order valence-electron chi connectivity index (χ2n) is 7.99. The molecule has 0 radical (unpaired) electrons. The first-order valence-corrected chi connectivity index (χ1v) is 11.3. The molecule has 0 atom stereocenters. The van der Waals surface area contributed by atoms with E-state index < -0.39 is 0 Å². The monoisotopic (exact) mass is 423 g/mol. The second kappa shape index (κ2) is 9.45. The van der Waals surface area contributed by atoms with Crippen LogP contribution in [0.1, 0.15) is 19.4 Å². The van der Waals surface area contributed by atoms with Gasteiger partial charge < -0.3 is 15.5 Å². The Labute approximate surface area is 182 Å². The Hall–Kier alpha value is -2.64. The number of carbonyl (C=O) groups is 1. The van der Waals surface area contributed by atoms with Crippen LogP contribution in [0.15, 0.2) is 48.5 Å². The van der Waals surface area contributed by atoms with Gasteiger partial charge in [0.25, 0.3) is 0 Å². The Kier molecular flexibility index (Phi) is 6.50. The third kappa shape index (κ3) is 4.91. The Bertz CT molecular complexity index is 994.